The van der Waals surface area contributed by atoms with Gasteiger partial charge >= 0.3 is 6.03 Å². The van der Waals surface area contributed by atoms with Crippen molar-refractivity contribution in [3.05, 3.63) is 23.9 Å². The Hall–Kier alpha value is -2.29. The number of amides is 2. The number of aromatic nitrogens is 1. The number of carbonyl (C=O) groups excluding carboxylic acids is 1. The summed E-state index contributed by atoms with van der Waals surface area (Å²) in [5.74, 6) is 0.898. The predicted molar refractivity (Wildman–Crippen MR) is 78.9 cm³/mol. The van der Waals surface area contributed by atoms with E-state index in [-0.39, 0.29) is 12.1 Å². The van der Waals surface area contributed by atoms with Gasteiger partial charge in [0.05, 0.1) is 5.56 Å². The van der Waals surface area contributed by atoms with Crippen molar-refractivity contribution < 1.29 is 4.79 Å². The summed E-state index contributed by atoms with van der Waals surface area (Å²) in [4.78, 5) is 18.2. The lowest BCUT2D eigenvalue weighted by Crippen LogP contribution is -2.48. The van der Waals surface area contributed by atoms with E-state index in [9.17, 15) is 4.79 Å². The van der Waals surface area contributed by atoms with Crippen LogP contribution in [-0.2, 0) is 0 Å². The molecule has 0 spiro atoms. The molecule has 0 aromatic carbocycles. The van der Waals surface area contributed by atoms with Gasteiger partial charge in [-0.25, -0.2) is 9.78 Å². The first kappa shape index (κ1) is 13.7. The van der Waals surface area contributed by atoms with Crippen molar-refractivity contribution >= 4 is 11.8 Å². The molecule has 1 aromatic heterocycles. The van der Waals surface area contributed by atoms with Crippen LogP contribution in [0.5, 0.6) is 0 Å². The number of hydrogen-bond acceptors (Lipinski definition) is 4. The highest BCUT2D eigenvalue weighted by atomic mass is 16.2. The third-order valence-corrected chi connectivity index (χ3v) is 3.94. The number of nitriles is 1. The number of hydrogen-bond donors (Lipinski definition) is 2. The molecule has 2 N–H and O–H groups in total. The van der Waals surface area contributed by atoms with Crippen molar-refractivity contribution in [2.24, 2.45) is 0 Å². The minimum absolute atomic E-state index is 0.0348. The summed E-state index contributed by atoms with van der Waals surface area (Å²) >= 11 is 0. The molecule has 21 heavy (non-hydrogen) atoms. The average molecular weight is 285 g/mol. The van der Waals surface area contributed by atoms with E-state index in [1.165, 1.54) is 0 Å². The highest BCUT2D eigenvalue weighted by Gasteiger charge is 2.26. The van der Waals surface area contributed by atoms with Crippen molar-refractivity contribution in [3.63, 3.8) is 0 Å². The first-order valence-corrected chi connectivity index (χ1v) is 7.43. The molecule has 110 valence electrons. The maximum absolute atomic E-state index is 11.7. The van der Waals surface area contributed by atoms with E-state index in [1.54, 1.807) is 12.3 Å². The van der Waals surface area contributed by atoms with Crippen molar-refractivity contribution in [2.75, 3.05) is 18.0 Å². The molecule has 0 unspecified atom stereocenters. The van der Waals surface area contributed by atoms with Crippen molar-refractivity contribution in [1.29, 1.82) is 5.26 Å². The smallest absolute Gasteiger partial charge is 0.315 e. The maximum atomic E-state index is 11.7. The second kappa shape index (κ2) is 6.00. The molecule has 2 amide bonds. The summed E-state index contributed by atoms with van der Waals surface area (Å²) in [5, 5.41) is 14.8. The molecule has 2 fully saturated rings. The molecule has 0 bridgehead atoms. The molecule has 6 nitrogen and oxygen atoms in total. The van der Waals surface area contributed by atoms with Crippen LogP contribution in [0.2, 0.25) is 0 Å². The van der Waals surface area contributed by atoms with Crippen LogP contribution in [0.4, 0.5) is 10.6 Å². The van der Waals surface area contributed by atoms with Gasteiger partial charge < -0.3 is 15.5 Å². The van der Waals surface area contributed by atoms with Gasteiger partial charge in [0.25, 0.3) is 0 Å². The summed E-state index contributed by atoms with van der Waals surface area (Å²) in [6.45, 7) is 1.74. The topological polar surface area (TPSA) is 81.0 Å². The Morgan fingerprint density at radius 3 is 2.38 bits per heavy atom. The molecule has 1 saturated carbocycles. The first-order chi connectivity index (χ1) is 10.2. The van der Waals surface area contributed by atoms with Crippen LogP contribution >= 0.6 is 0 Å². The minimum Gasteiger partial charge on any atom is -0.356 e. The fraction of sp³-hybridized carbons (Fsp3) is 0.533. The van der Waals surface area contributed by atoms with Gasteiger partial charge in [-0.05, 0) is 37.8 Å². The predicted octanol–water partition coefficient (Wildman–Crippen LogP) is 1.38. The van der Waals surface area contributed by atoms with Gasteiger partial charge in [0, 0.05) is 31.4 Å². The Labute approximate surface area is 124 Å². The van der Waals surface area contributed by atoms with Crippen LogP contribution in [-0.4, -0.2) is 36.2 Å². The average Bonchev–Trinajstić information content (AvgIpc) is 3.32. The Morgan fingerprint density at radius 2 is 1.86 bits per heavy atom. The molecule has 3 rings (SSSR count). The number of piperidine rings is 1. The molecule has 0 radical (unpaired) electrons. The summed E-state index contributed by atoms with van der Waals surface area (Å²) in [7, 11) is 0. The van der Waals surface area contributed by atoms with Crippen LogP contribution in [0, 0.1) is 11.3 Å². The number of carbonyl (C=O) groups is 1. The van der Waals surface area contributed by atoms with Gasteiger partial charge in [-0.3, -0.25) is 0 Å². The Kier molecular flexibility index (Phi) is 3.91. The molecule has 2 aliphatic rings. The van der Waals surface area contributed by atoms with Gasteiger partial charge in [-0.2, -0.15) is 5.26 Å². The standard InChI is InChI=1S/C15H19N5O/c16-9-11-1-4-14(17-10-11)20-7-5-13(6-8-20)19-15(21)18-12-2-3-12/h1,4,10,12-13H,2-3,5-8H2,(H2,18,19,21). The molecule has 6 heteroatoms. The lowest BCUT2D eigenvalue weighted by molar-refractivity contribution is 0.234. The summed E-state index contributed by atoms with van der Waals surface area (Å²) in [5.41, 5.74) is 0.576. The number of urea groups is 1. The third kappa shape index (κ3) is 3.63. The normalized spacial score (nSPS) is 18.9. The van der Waals surface area contributed by atoms with Gasteiger partial charge in [0.15, 0.2) is 0 Å². The van der Waals surface area contributed by atoms with Crippen LogP contribution in [0.15, 0.2) is 18.3 Å². The van der Waals surface area contributed by atoms with Gasteiger partial charge in [-0.1, -0.05) is 0 Å². The molecule has 1 aromatic rings. The number of nitrogens with zero attached hydrogens (tertiary/aromatic N) is 3. The molecule has 1 aliphatic carbocycles. The number of rotatable bonds is 3. The molecule has 1 saturated heterocycles. The van der Waals surface area contributed by atoms with E-state index in [1.807, 2.05) is 6.07 Å². The highest BCUT2D eigenvalue weighted by Crippen LogP contribution is 2.20. The van der Waals surface area contributed by atoms with Gasteiger partial charge in [0.1, 0.15) is 11.9 Å². The summed E-state index contributed by atoms with van der Waals surface area (Å²) in [6, 6.07) is 6.34. The van der Waals surface area contributed by atoms with E-state index < -0.39 is 0 Å². The van der Waals surface area contributed by atoms with Crippen molar-refractivity contribution in [1.82, 2.24) is 15.6 Å². The first-order valence-electron chi connectivity index (χ1n) is 7.43. The zero-order valence-electron chi connectivity index (χ0n) is 11.9. The van der Waals surface area contributed by atoms with Gasteiger partial charge in [-0.15, -0.1) is 0 Å². The third-order valence-electron chi connectivity index (χ3n) is 3.94. The van der Waals surface area contributed by atoms with Gasteiger partial charge in [0.2, 0.25) is 0 Å². The molecule has 0 atom stereocenters. The van der Waals surface area contributed by atoms with Crippen molar-refractivity contribution in [2.45, 2.75) is 37.8 Å². The molecule has 1 aliphatic heterocycles. The second-order valence-corrected chi connectivity index (χ2v) is 5.67. The Bertz CT molecular complexity index is 538. The maximum Gasteiger partial charge on any atom is 0.315 e. The lowest BCUT2D eigenvalue weighted by atomic mass is 10.1. The van der Waals surface area contributed by atoms with E-state index in [4.69, 9.17) is 5.26 Å². The Balaban J connectivity index is 1.47. The van der Waals surface area contributed by atoms with Crippen molar-refractivity contribution in [3.8, 4) is 6.07 Å². The summed E-state index contributed by atoms with van der Waals surface area (Å²) in [6.07, 6.45) is 5.65. The summed E-state index contributed by atoms with van der Waals surface area (Å²) < 4.78 is 0. The number of pyridine rings is 1. The molecular weight excluding hydrogens is 266 g/mol. The van der Waals surface area contributed by atoms with Crippen LogP contribution in [0.3, 0.4) is 0 Å². The SMILES string of the molecule is N#Cc1ccc(N2CCC(NC(=O)NC3CC3)CC2)nc1. The van der Waals surface area contributed by atoms with Crippen LogP contribution < -0.4 is 15.5 Å². The number of nitrogens with one attached hydrogen (secondary N) is 2. The van der Waals surface area contributed by atoms with Crippen LogP contribution in [0.25, 0.3) is 0 Å². The highest BCUT2D eigenvalue weighted by molar-refractivity contribution is 5.74. The number of anilines is 1. The quantitative estimate of drug-likeness (QED) is 0.879. The fourth-order valence-corrected chi connectivity index (χ4v) is 2.53. The minimum atomic E-state index is -0.0348. The van der Waals surface area contributed by atoms with E-state index in [2.05, 4.69) is 26.6 Å². The lowest BCUT2D eigenvalue weighted by Gasteiger charge is -2.33. The molecule has 2 heterocycles. The van der Waals surface area contributed by atoms with E-state index >= 15 is 0 Å². The molecular formula is C15H19N5O. The zero-order chi connectivity index (χ0) is 14.7. The Morgan fingerprint density at radius 1 is 1.19 bits per heavy atom. The largest absolute Gasteiger partial charge is 0.356 e. The van der Waals surface area contributed by atoms with E-state index in [0.29, 0.717) is 11.6 Å². The fourth-order valence-electron chi connectivity index (χ4n) is 2.53. The van der Waals surface area contributed by atoms with E-state index in [0.717, 1.165) is 44.6 Å². The monoisotopic (exact) mass is 285 g/mol. The van der Waals surface area contributed by atoms with Crippen LogP contribution in [0.1, 0.15) is 31.2 Å². The second-order valence-electron chi connectivity index (χ2n) is 5.67. The zero-order valence-corrected chi connectivity index (χ0v) is 11.9.